The number of aliphatic hydroxyl groups excluding tert-OH is 2. The van der Waals surface area contributed by atoms with Gasteiger partial charge in [0, 0.05) is 38.1 Å². The van der Waals surface area contributed by atoms with E-state index in [1.807, 2.05) is 60.4 Å². The molecule has 3 fully saturated rings. The maximum atomic E-state index is 12.7. The van der Waals surface area contributed by atoms with Crippen LogP contribution in [-0.2, 0) is 11.3 Å². The lowest BCUT2D eigenvalue weighted by molar-refractivity contribution is -0.0384. The first-order valence-electron chi connectivity index (χ1n) is 18.8. The minimum absolute atomic E-state index is 0.0149. The highest BCUT2D eigenvalue weighted by Gasteiger charge is 2.47. The second-order valence-electron chi connectivity index (χ2n) is 14.2. The Morgan fingerprint density at radius 1 is 1.04 bits per heavy atom. The molecule has 0 aliphatic carbocycles. The Kier molecular flexibility index (Phi) is 10.6. The number of urea groups is 1. The molecule has 3 aliphatic rings. The second kappa shape index (κ2) is 15.8. The van der Waals surface area contributed by atoms with E-state index >= 15 is 0 Å². The highest BCUT2D eigenvalue weighted by Crippen LogP contribution is 2.40. The molecule has 296 valence electrons. The summed E-state index contributed by atoms with van der Waals surface area (Å²) in [5, 5.41) is 41.7. The van der Waals surface area contributed by atoms with E-state index in [2.05, 4.69) is 26.0 Å². The van der Waals surface area contributed by atoms with Gasteiger partial charge in [0.25, 0.3) is 0 Å². The number of aryl methyl sites for hydroxylation is 1. The summed E-state index contributed by atoms with van der Waals surface area (Å²) in [4.78, 5) is 32.7. The third-order valence-electron chi connectivity index (χ3n) is 11.0. The van der Waals surface area contributed by atoms with E-state index in [4.69, 9.17) is 34.9 Å². The maximum absolute atomic E-state index is 12.7. The third kappa shape index (κ3) is 7.13. The first-order chi connectivity index (χ1) is 27.3. The van der Waals surface area contributed by atoms with Crippen LogP contribution in [0.4, 0.5) is 16.6 Å². The number of nitrogens with one attached hydrogen (secondary N) is 2. The van der Waals surface area contributed by atoms with E-state index < -0.39 is 30.6 Å². The molecule has 5 aromatic rings. The number of nitrogens with zero attached hydrogens (tertiary/aromatic N) is 10. The minimum Gasteiger partial charge on any atom is -0.497 e. The number of carbonyl (C=O) groups excluding carboxylic acids is 1. The number of ether oxygens (including phenoxy) is 3. The molecule has 19 nitrogen and oxygen atoms in total. The van der Waals surface area contributed by atoms with Crippen molar-refractivity contribution >= 4 is 29.0 Å². The predicted octanol–water partition coefficient (Wildman–Crippen LogP) is 1.41. The number of nitrogens with two attached hydrogens (primary N) is 1. The van der Waals surface area contributed by atoms with Crippen LogP contribution in [0.3, 0.4) is 0 Å². The number of carbonyl (C=O) groups is 1. The fourth-order valence-electron chi connectivity index (χ4n) is 7.95. The normalized spacial score (nSPS) is 23.6. The van der Waals surface area contributed by atoms with Crippen LogP contribution in [-0.4, -0.2) is 132 Å². The smallest absolute Gasteiger partial charge is 0.315 e. The fourth-order valence-corrected chi connectivity index (χ4v) is 7.95. The van der Waals surface area contributed by atoms with Crippen molar-refractivity contribution in [1.82, 2.24) is 49.9 Å². The molecule has 0 bridgehead atoms. The van der Waals surface area contributed by atoms with Crippen LogP contribution in [0.1, 0.15) is 55.0 Å². The van der Waals surface area contributed by atoms with Gasteiger partial charge in [-0.1, -0.05) is 24.3 Å². The molecule has 3 aliphatic heterocycles. The molecule has 3 aromatic heterocycles. The summed E-state index contributed by atoms with van der Waals surface area (Å²) in [6.07, 6.45) is -1.79. The molecule has 6 atom stereocenters. The lowest BCUT2D eigenvalue weighted by Crippen LogP contribution is -2.51. The molecule has 56 heavy (non-hydrogen) atoms. The molecule has 0 saturated carbocycles. The van der Waals surface area contributed by atoms with Gasteiger partial charge in [0.15, 0.2) is 29.3 Å². The number of methoxy groups -OCH3 is 2. The number of benzene rings is 2. The van der Waals surface area contributed by atoms with Gasteiger partial charge in [-0.05, 0) is 66.9 Å². The maximum Gasteiger partial charge on any atom is 0.315 e. The Morgan fingerprint density at radius 3 is 2.36 bits per heavy atom. The zero-order chi connectivity index (χ0) is 38.9. The molecule has 8 rings (SSSR count). The van der Waals surface area contributed by atoms with E-state index in [-0.39, 0.29) is 23.8 Å². The number of anilines is 2. The summed E-state index contributed by atoms with van der Waals surface area (Å²) < 4.78 is 18.7. The first kappa shape index (κ1) is 37.3. The SMILES string of the molecule is CCn1nnc([C@H]2O[C@@H](n3cnc4c(NCC(c5ccc(OC)cc5)c5ccc(OC)cc5)nc(N5CC[C@@H](N(C(N)=O)[C@@H]6CCNC6)C5)nc43)[C@H](O)[C@@H]2O)n1. The van der Waals surface area contributed by atoms with Gasteiger partial charge < -0.3 is 50.6 Å². The first-order valence-corrected chi connectivity index (χ1v) is 18.8. The Morgan fingerprint density at radius 2 is 1.75 bits per heavy atom. The summed E-state index contributed by atoms with van der Waals surface area (Å²) in [5.74, 6) is 2.40. The molecule has 2 amide bonds. The van der Waals surface area contributed by atoms with E-state index in [1.165, 1.54) is 11.1 Å². The van der Waals surface area contributed by atoms with Gasteiger partial charge in [-0.15, -0.1) is 10.2 Å². The zero-order valence-corrected chi connectivity index (χ0v) is 31.5. The van der Waals surface area contributed by atoms with Crippen molar-refractivity contribution in [2.45, 2.75) is 68.9 Å². The van der Waals surface area contributed by atoms with E-state index in [0.717, 1.165) is 35.6 Å². The number of hydrogen-bond acceptors (Lipinski definition) is 15. The number of primary amides is 1. The van der Waals surface area contributed by atoms with Crippen molar-refractivity contribution < 1.29 is 29.2 Å². The molecule has 2 aromatic carbocycles. The molecule has 0 radical (unpaired) electrons. The van der Waals surface area contributed by atoms with Crippen molar-refractivity contribution in [3.63, 3.8) is 0 Å². The summed E-state index contributed by atoms with van der Waals surface area (Å²) in [6.45, 7) is 5.34. The molecule has 6 N–H and O–H groups in total. The molecule has 6 heterocycles. The number of imidazole rings is 1. The Labute approximate surface area is 322 Å². The summed E-state index contributed by atoms with van der Waals surface area (Å²) >= 11 is 0. The number of amides is 2. The summed E-state index contributed by atoms with van der Waals surface area (Å²) in [6, 6.07) is 15.3. The number of aromatic nitrogens is 8. The van der Waals surface area contributed by atoms with Crippen molar-refractivity contribution in [3.8, 4) is 11.5 Å². The van der Waals surface area contributed by atoms with Gasteiger partial charge in [-0.25, -0.2) is 9.78 Å². The van der Waals surface area contributed by atoms with Crippen molar-refractivity contribution in [1.29, 1.82) is 0 Å². The van der Waals surface area contributed by atoms with Crippen LogP contribution < -0.4 is 30.7 Å². The number of rotatable bonds is 13. The Balaban J connectivity index is 1.15. The molecule has 0 spiro atoms. The minimum atomic E-state index is -1.37. The summed E-state index contributed by atoms with van der Waals surface area (Å²) in [5.41, 5.74) is 8.85. The zero-order valence-electron chi connectivity index (χ0n) is 31.5. The number of tetrazole rings is 1. The van der Waals surface area contributed by atoms with Gasteiger partial charge in [0.1, 0.15) is 23.7 Å². The van der Waals surface area contributed by atoms with Gasteiger partial charge in [0.05, 0.1) is 33.1 Å². The van der Waals surface area contributed by atoms with Crippen LogP contribution in [0.15, 0.2) is 54.9 Å². The molecule has 0 unspecified atom stereocenters. The van der Waals surface area contributed by atoms with Gasteiger partial charge >= 0.3 is 6.03 Å². The average Bonchev–Trinajstić information content (AvgIpc) is 4.08. The van der Waals surface area contributed by atoms with Crippen molar-refractivity contribution in [3.05, 3.63) is 71.8 Å². The van der Waals surface area contributed by atoms with Crippen LogP contribution in [0.2, 0.25) is 0 Å². The van der Waals surface area contributed by atoms with E-state index in [0.29, 0.717) is 62.1 Å². The second-order valence-corrected chi connectivity index (χ2v) is 14.2. The predicted molar refractivity (Wildman–Crippen MR) is 203 cm³/mol. The molecular weight excluding hydrogens is 722 g/mol. The lowest BCUT2D eigenvalue weighted by Gasteiger charge is -2.32. The Hall–Kier alpha value is -5.63. The van der Waals surface area contributed by atoms with Crippen LogP contribution in [0.5, 0.6) is 11.5 Å². The van der Waals surface area contributed by atoms with E-state index in [9.17, 15) is 15.0 Å². The fraction of sp³-hybridized carbons (Fsp3) is 0.486. The summed E-state index contributed by atoms with van der Waals surface area (Å²) in [7, 11) is 3.28. The van der Waals surface area contributed by atoms with Crippen LogP contribution in [0, 0.1) is 0 Å². The van der Waals surface area contributed by atoms with Crippen LogP contribution >= 0.6 is 0 Å². The monoisotopic (exact) mass is 769 g/mol. The van der Waals surface area contributed by atoms with Gasteiger partial charge in [-0.3, -0.25) is 4.57 Å². The number of fused-ring (bicyclic) bond motifs is 1. The van der Waals surface area contributed by atoms with Crippen LogP contribution in [0.25, 0.3) is 11.2 Å². The van der Waals surface area contributed by atoms with Gasteiger partial charge in [0.2, 0.25) is 11.8 Å². The Bertz CT molecular complexity index is 2080. The number of hydrogen-bond donors (Lipinski definition) is 5. The highest BCUT2D eigenvalue weighted by atomic mass is 16.6. The lowest BCUT2D eigenvalue weighted by atomic mass is 9.91. The van der Waals surface area contributed by atoms with Crippen molar-refractivity contribution in [2.24, 2.45) is 5.73 Å². The quantitative estimate of drug-likeness (QED) is 0.114. The van der Waals surface area contributed by atoms with E-state index in [1.54, 1.807) is 23.7 Å². The molecule has 19 heteroatoms. The highest BCUT2D eigenvalue weighted by molar-refractivity contribution is 5.84. The van der Waals surface area contributed by atoms with Crippen molar-refractivity contribution in [2.75, 3.05) is 57.2 Å². The average molecular weight is 770 g/mol. The molecular formula is C37H47N13O6. The van der Waals surface area contributed by atoms with Gasteiger partial charge in [-0.2, -0.15) is 14.8 Å². The standard InChI is InChI=1S/C37H47N13O6/c1-4-49-45-33(44-46-49)31-29(51)30(52)35(56-31)48-20-41-28-32(40-18-27(21-5-9-25(54-2)10-6-21)22-7-11-26(55-3)12-8-22)42-37(43-34(28)48)47-16-14-24(19-47)50(36(38)53)23-13-15-39-17-23/h5-12,20,23-24,27,29-31,35,39,51-52H,4,13-19H2,1-3H3,(H2,38,53)(H,40,42,43)/t23-,24-,29+,30-,31+,35-/m1/s1. The topological polar surface area (TPSA) is 229 Å². The third-order valence-corrected chi connectivity index (χ3v) is 11.0. The molecule has 3 saturated heterocycles. The number of aliphatic hydroxyl groups is 2. The largest absolute Gasteiger partial charge is 0.497 e.